The van der Waals surface area contributed by atoms with Crippen LogP contribution in [-0.4, -0.2) is 20.9 Å². The van der Waals surface area contributed by atoms with Crippen LogP contribution in [0.5, 0.6) is 0 Å². The van der Waals surface area contributed by atoms with Gasteiger partial charge in [0, 0.05) is 29.8 Å². The molecular weight excluding hydrogens is 432 g/mol. The topological polar surface area (TPSA) is 97.2 Å². The zero-order chi connectivity index (χ0) is 21.8. The van der Waals surface area contributed by atoms with Crippen molar-refractivity contribution in [3.63, 3.8) is 0 Å². The van der Waals surface area contributed by atoms with Crippen LogP contribution in [-0.2, 0) is 6.54 Å². The number of benzene rings is 3. The molecule has 4 aromatic rings. The number of thiocarbonyl (C=S) groups is 1. The van der Waals surface area contributed by atoms with Crippen molar-refractivity contribution in [2.75, 3.05) is 0 Å². The van der Waals surface area contributed by atoms with E-state index < -0.39 is 10.8 Å². The van der Waals surface area contributed by atoms with E-state index in [2.05, 4.69) is 21.7 Å². The van der Waals surface area contributed by atoms with Gasteiger partial charge in [-0.05, 0) is 36.0 Å². The third kappa shape index (κ3) is 4.90. The summed E-state index contributed by atoms with van der Waals surface area (Å²) in [7, 11) is 0. The quantitative estimate of drug-likeness (QED) is 0.261. The monoisotopic (exact) mass is 448 g/mol. The van der Waals surface area contributed by atoms with Gasteiger partial charge in [-0.1, -0.05) is 42.5 Å². The number of nitrogens with one attached hydrogen (secondary N) is 2. The van der Waals surface area contributed by atoms with Crippen LogP contribution >= 0.6 is 23.6 Å². The minimum atomic E-state index is -0.550. The van der Waals surface area contributed by atoms with Gasteiger partial charge in [0.1, 0.15) is 5.01 Å². The van der Waals surface area contributed by atoms with E-state index in [1.807, 2.05) is 42.5 Å². The van der Waals surface area contributed by atoms with Crippen molar-refractivity contribution in [3.8, 4) is 10.6 Å². The number of thiazole rings is 1. The van der Waals surface area contributed by atoms with Crippen molar-refractivity contribution in [2.45, 2.75) is 6.54 Å². The number of non-ortho nitro benzene ring substituents is 1. The zero-order valence-corrected chi connectivity index (χ0v) is 17.7. The normalized spacial score (nSPS) is 10.6. The molecule has 0 aliphatic rings. The van der Waals surface area contributed by atoms with E-state index in [0.717, 1.165) is 26.4 Å². The number of para-hydroxylation sites is 1. The highest BCUT2D eigenvalue weighted by Crippen LogP contribution is 2.29. The zero-order valence-electron chi connectivity index (χ0n) is 16.1. The van der Waals surface area contributed by atoms with Crippen molar-refractivity contribution >= 4 is 50.5 Å². The lowest BCUT2D eigenvalue weighted by atomic mass is 10.1. The molecule has 0 aliphatic heterocycles. The molecule has 31 heavy (non-hydrogen) atoms. The van der Waals surface area contributed by atoms with E-state index in [-0.39, 0.29) is 16.4 Å². The molecule has 0 aliphatic carbocycles. The predicted molar refractivity (Wildman–Crippen MR) is 125 cm³/mol. The summed E-state index contributed by atoms with van der Waals surface area (Å²) in [5, 5.41) is 17.5. The Balaban J connectivity index is 1.34. The highest BCUT2D eigenvalue weighted by molar-refractivity contribution is 7.80. The molecule has 0 spiro atoms. The van der Waals surface area contributed by atoms with Gasteiger partial charge < -0.3 is 5.32 Å². The Bertz CT molecular complexity index is 1250. The van der Waals surface area contributed by atoms with E-state index in [4.69, 9.17) is 12.2 Å². The fraction of sp³-hybridized carbons (Fsp3) is 0.0455. The third-order valence-electron chi connectivity index (χ3n) is 4.49. The number of aromatic nitrogens is 1. The molecule has 1 heterocycles. The van der Waals surface area contributed by atoms with Gasteiger partial charge in [-0.25, -0.2) is 4.98 Å². The van der Waals surface area contributed by atoms with Crippen molar-refractivity contribution in [1.29, 1.82) is 0 Å². The number of amides is 1. The molecule has 0 atom stereocenters. The molecule has 0 unspecified atom stereocenters. The van der Waals surface area contributed by atoms with Gasteiger partial charge in [-0.15, -0.1) is 11.3 Å². The molecule has 3 aromatic carbocycles. The number of rotatable bonds is 5. The molecule has 1 aromatic heterocycles. The maximum Gasteiger partial charge on any atom is 0.270 e. The molecule has 0 radical (unpaired) electrons. The molecule has 0 fully saturated rings. The Kier molecular flexibility index (Phi) is 5.96. The maximum atomic E-state index is 12.2. The number of nitrogens with zero attached hydrogens (tertiary/aromatic N) is 2. The minimum absolute atomic E-state index is 0.145. The first kappa shape index (κ1) is 20.6. The molecule has 0 saturated carbocycles. The average molecular weight is 449 g/mol. The molecular formula is C22H16N4O3S2. The summed E-state index contributed by atoms with van der Waals surface area (Å²) < 4.78 is 1.15. The van der Waals surface area contributed by atoms with Gasteiger partial charge in [0.15, 0.2) is 5.11 Å². The summed E-state index contributed by atoms with van der Waals surface area (Å²) in [5.41, 5.74) is 3.01. The summed E-state index contributed by atoms with van der Waals surface area (Å²) in [5.74, 6) is -0.507. The van der Waals surface area contributed by atoms with Crippen LogP contribution < -0.4 is 10.6 Å². The molecule has 1 amide bonds. The summed E-state index contributed by atoms with van der Waals surface area (Å²) in [6.45, 7) is 0.425. The number of hydrogen-bond acceptors (Lipinski definition) is 6. The standard InChI is InChI=1S/C22H16N4O3S2/c27-20(16-4-3-5-17(12-16)26(28)29)25-22(30)23-13-14-8-10-15(11-9-14)21-24-18-6-1-2-7-19(18)31-21/h1-12H,13H2,(H2,23,25,27,30). The first-order valence-electron chi connectivity index (χ1n) is 9.28. The van der Waals surface area contributed by atoms with E-state index in [1.165, 1.54) is 24.3 Å². The Hall–Kier alpha value is -3.69. The second-order valence-corrected chi connectivity index (χ2v) is 8.07. The van der Waals surface area contributed by atoms with Crippen molar-refractivity contribution < 1.29 is 9.72 Å². The molecule has 0 saturated heterocycles. The van der Waals surface area contributed by atoms with Gasteiger partial charge >= 0.3 is 0 Å². The predicted octanol–water partition coefficient (Wildman–Crippen LogP) is 4.68. The highest BCUT2D eigenvalue weighted by Gasteiger charge is 2.12. The average Bonchev–Trinajstić information content (AvgIpc) is 3.22. The highest BCUT2D eigenvalue weighted by atomic mass is 32.1. The fourth-order valence-electron chi connectivity index (χ4n) is 2.92. The number of nitro benzene ring substituents is 1. The van der Waals surface area contributed by atoms with Crippen LogP contribution in [0.4, 0.5) is 5.69 Å². The summed E-state index contributed by atoms with van der Waals surface area (Å²) in [6, 6.07) is 21.4. The van der Waals surface area contributed by atoms with Crippen LogP contribution in [0.2, 0.25) is 0 Å². The summed E-state index contributed by atoms with van der Waals surface area (Å²) in [6.07, 6.45) is 0. The fourth-order valence-corrected chi connectivity index (χ4v) is 4.06. The van der Waals surface area contributed by atoms with Gasteiger partial charge in [0.05, 0.1) is 15.1 Å². The molecule has 0 bridgehead atoms. The van der Waals surface area contributed by atoms with E-state index in [1.54, 1.807) is 11.3 Å². The Labute approximate surface area is 186 Å². The largest absolute Gasteiger partial charge is 0.358 e. The van der Waals surface area contributed by atoms with Gasteiger partial charge in [0.25, 0.3) is 11.6 Å². The van der Waals surface area contributed by atoms with Crippen LogP contribution in [0.3, 0.4) is 0 Å². The Morgan fingerprint density at radius 1 is 1.06 bits per heavy atom. The second kappa shape index (κ2) is 8.99. The first-order chi connectivity index (χ1) is 15.0. The second-order valence-electron chi connectivity index (χ2n) is 6.63. The molecule has 9 heteroatoms. The van der Waals surface area contributed by atoms with Crippen molar-refractivity contribution in [1.82, 2.24) is 15.6 Å². The number of carbonyl (C=O) groups excluding carboxylic acids is 1. The van der Waals surface area contributed by atoms with Crippen molar-refractivity contribution in [3.05, 3.63) is 94.0 Å². The number of fused-ring (bicyclic) bond motifs is 1. The van der Waals surface area contributed by atoms with Crippen LogP contribution in [0.25, 0.3) is 20.8 Å². The van der Waals surface area contributed by atoms with Crippen molar-refractivity contribution in [2.24, 2.45) is 0 Å². The Morgan fingerprint density at radius 3 is 2.58 bits per heavy atom. The lowest BCUT2D eigenvalue weighted by Crippen LogP contribution is -2.38. The molecule has 154 valence electrons. The van der Waals surface area contributed by atoms with Gasteiger partial charge in [-0.3, -0.25) is 20.2 Å². The Morgan fingerprint density at radius 2 is 1.84 bits per heavy atom. The summed E-state index contributed by atoms with van der Waals surface area (Å²) in [4.78, 5) is 27.2. The van der Waals surface area contributed by atoms with Crippen LogP contribution in [0.15, 0.2) is 72.8 Å². The molecule has 7 nitrogen and oxygen atoms in total. The van der Waals surface area contributed by atoms with Gasteiger partial charge in [0.2, 0.25) is 0 Å². The lowest BCUT2D eigenvalue weighted by molar-refractivity contribution is -0.384. The van der Waals surface area contributed by atoms with Crippen LogP contribution in [0, 0.1) is 10.1 Å². The summed E-state index contributed by atoms with van der Waals surface area (Å²) >= 11 is 6.81. The molecule has 2 N–H and O–H groups in total. The lowest BCUT2D eigenvalue weighted by Gasteiger charge is -2.10. The van der Waals surface area contributed by atoms with Crippen LogP contribution in [0.1, 0.15) is 15.9 Å². The molecule has 4 rings (SSSR count). The maximum absolute atomic E-state index is 12.2. The smallest absolute Gasteiger partial charge is 0.270 e. The van der Waals surface area contributed by atoms with Gasteiger partial charge in [-0.2, -0.15) is 0 Å². The minimum Gasteiger partial charge on any atom is -0.358 e. The number of carbonyl (C=O) groups is 1. The number of nitro groups is 1. The SMILES string of the molecule is O=C(NC(=S)NCc1ccc(-c2nc3ccccc3s2)cc1)c1cccc([N+](=O)[O-])c1. The third-order valence-corrected chi connectivity index (χ3v) is 5.83. The van der Waals surface area contributed by atoms with E-state index >= 15 is 0 Å². The first-order valence-corrected chi connectivity index (χ1v) is 10.5. The number of hydrogen-bond donors (Lipinski definition) is 2. The van der Waals surface area contributed by atoms with E-state index in [9.17, 15) is 14.9 Å². The van der Waals surface area contributed by atoms with E-state index in [0.29, 0.717) is 6.54 Å².